The number of hydrogen-bond acceptors (Lipinski definition) is 5. The molecule has 1 aliphatic carbocycles. The van der Waals surface area contributed by atoms with Crippen LogP contribution in [0.2, 0.25) is 0 Å². The second-order valence-electron chi connectivity index (χ2n) is 9.06. The Morgan fingerprint density at radius 3 is 2.44 bits per heavy atom. The molecule has 2 heterocycles. The summed E-state index contributed by atoms with van der Waals surface area (Å²) in [6.07, 6.45) is 11.6. The number of hydrogen-bond donors (Lipinski definition) is 2. The first kappa shape index (κ1) is 27.1. The molecule has 6 heteroatoms. The third kappa shape index (κ3) is 9.27. The van der Waals surface area contributed by atoms with E-state index in [9.17, 15) is 4.39 Å². The van der Waals surface area contributed by atoms with E-state index < -0.39 is 0 Å². The summed E-state index contributed by atoms with van der Waals surface area (Å²) >= 11 is 0. The fourth-order valence-electron chi connectivity index (χ4n) is 4.05. The molecule has 1 aliphatic heterocycles. The molecule has 0 spiro atoms. The zero-order valence-electron chi connectivity index (χ0n) is 21.2. The van der Waals surface area contributed by atoms with Crippen LogP contribution in [-0.4, -0.2) is 41.0 Å². The molecule has 36 heavy (non-hydrogen) atoms. The van der Waals surface area contributed by atoms with Gasteiger partial charge in [-0.1, -0.05) is 61.2 Å². The lowest BCUT2D eigenvalue weighted by atomic mass is 10.1. The van der Waals surface area contributed by atoms with Gasteiger partial charge in [0.25, 0.3) is 0 Å². The second-order valence-corrected chi connectivity index (χ2v) is 9.06. The molecule has 1 saturated heterocycles. The molecule has 0 amide bonds. The number of anilines is 1. The molecule has 1 saturated carbocycles. The van der Waals surface area contributed by atoms with Crippen LogP contribution in [0, 0.1) is 5.82 Å². The van der Waals surface area contributed by atoms with Gasteiger partial charge in [-0.3, -0.25) is 9.88 Å². The molecule has 1 aromatic heterocycles. The van der Waals surface area contributed by atoms with E-state index in [2.05, 4.69) is 70.0 Å². The minimum atomic E-state index is -0.0370. The van der Waals surface area contributed by atoms with Crippen molar-refractivity contribution in [3.8, 4) is 0 Å². The predicted octanol–water partition coefficient (Wildman–Crippen LogP) is 6.16. The number of halogens is 1. The monoisotopic (exact) mass is 487 g/mol. The van der Waals surface area contributed by atoms with Gasteiger partial charge in [0.2, 0.25) is 0 Å². The highest BCUT2D eigenvalue weighted by Gasteiger charge is 2.25. The molecule has 0 bridgehead atoms. The van der Waals surface area contributed by atoms with Gasteiger partial charge in [-0.25, -0.2) is 9.37 Å². The van der Waals surface area contributed by atoms with Crippen molar-refractivity contribution in [2.75, 3.05) is 25.5 Å². The number of aromatic nitrogens is 2. The second kappa shape index (κ2) is 14.8. The number of nitrogens with one attached hydrogen (secondary N) is 2. The molecule has 3 aromatic rings. The summed E-state index contributed by atoms with van der Waals surface area (Å²) < 4.78 is 12.9. The third-order valence-corrected chi connectivity index (χ3v) is 6.20. The summed E-state index contributed by atoms with van der Waals surface area (Å²) in [5.41, 5.74) is 3.37. The van der Waals surface area contributed by atoms with Crippen LogP contribution in [0.1, 0.15) is 42.7 Å². The van der Waals surface area contributed by atoms with Crippen LogP contribution in [0.15, 0.2) is 98.1 Å². The SMILES string of the molecule is C=C(NCc1ccccc1)C1CCCN1C.C=CCNc1cnccn1.Fc1ccccc1C1CC1. The number of rotatable bonds is 8. The quantitative estimate of drug-likeness (QED) is 0.373. The highest BCUT2D eigenvalue weighted by atomic mass is 19.1. The van der Waals surface area contributed by atoms with Crippen LogP contribution >= 0.6 is 0 Å². The van der Waals surface area contributed by atoms with Gasteiger partial charge in [0, 0.05) is 37.2 Å². The largest absolute Gasteiger partial charge is 0.383 e. The molecule has 2 fully saturated rings. The van der Waals surface area contributed by atoms with E-state index >= 15 is 0 Å². The van der Waals surface area contributed by atoms with Crippen molar-refractivity contribution in [1.82, 2.24) is 20.2 Å². The molecule has 0 radical (unpaired) electrons. The molecule has 2 aromatic carbocycles. The predicted molar refractivity (Wildman–Crippen MR) is 147 cm³/mol. The molecule has 2 aliphatic rings. The lowest BCUT2D eigenvalue weighted by Gasteiger charge is -2.22. The van der Waals surface area contributed by atoms with Gasteiger partial charge >= 0.3 is 0 Å². The molecular formula is C30H38FN5. The van der Waals surface area contributed by atoms with E-state index in [1.54, 1.807) is 30.7 Å². The maximum absolute atomic E-state index is 12.9. The number of likely N-dealkylation sites (N-methyl/N-ethyl adjacent to an activating group) is 1. The molecule has 2 N–H and O–H groups in total. The molecule has 190 valence electrons. The van der Waals surface area contributed by atoms with Gasteiger partial charge in [0.1, 0.15) is 11.6 Å². The minimum absolute atomic E-state index is 0.0370. The van der Waals surface area contributed by atoms with Crippen LogP contribution < -0.4 is 10.6 Å². The smallest absolute Gasteiger partial charge is 0.144 e. The first-order chi connectivity index (χ1) is 17.6. The Hall–Kier alpha value is -3.51. The number of nitrogens with zero attached hydrogens (tertiary/aromatic N) is 3. The van der Waals surface area contributed by atoms with E-state index in [1.165, 1.54) is 43.9 Å². The average Bonchev–Trinajstić information content (AvgIpc) is 3.67. The van der Waals surface area contributed by atoms with Crippen LogP contribution in [0.3, 0.4) is 0 Å². The van der Waals surface area contributed by atoms with E-state index in [-0.39, 0.29) is 5.82 Å². The van der Waals surface area contributed by atoms with Crippen LogP contribution in [0.25, 0.3) is 0 Å². The first-order valence-electron chi connectivity index (χ1n) is 12.6. The van der Waals surface area contributed by atoms with Crippen molar-refractivity contribution in [3.05, 3.63) is 115 Å². The Morgan fingerprint density at radius 1 is 1.08 bits per heavy atom. The Kier molecular flexibility index (Phi) is 11.1. The summed E-state index contributed by atoms with van der Waals surface area (Å²) in [6, 6.07) is 18.0. The first-order valence-corrected chi connectivity index (χ1v) is 12.6. The van der Waals surface area contributed by atoms with Crippen molar-refractivity contribution in [2.24, 2.45) is 0 Å². The minimum Gasteiger partial charge on any atom is -0.383 e. The van der Waals surface area contributed by atoms with Crippen LogP contribution in [0.5, 0.6) is 0 Å². The Labute approximate surface area is 215 Å². The van der Waals surface area contributed by atoms with Crippen molar-refractivity contribution in [2.45, 2.75) is 44.2 Å². The Morgan fingerprint density at radius 2 is 1.83 bits per heavy atom. The van der Waals surface area contributed by atoms with E-state index in [1.807, 2.05) is 18.2 Å². The average molecular weight is 488 g/mol. The standard InChI is InChI=1S/C14H20N2.C9H9F.C7H9N3/c1-12(14-9-6-10-16(14)2)15-11-13-7-4-3-5-8-13;10-9-4-2-1-3-8(9)7-5-6-7;1-2-3-9-7-6-8-4-5-10-7/h3-5,7-8,14-15H,1,6,9-11H2,2H3;1-4,7H,5-6H2;2,4-6H,1,3H2,(H,9,10). The van der Waals surface area contributed by atoms with Crippen molar-refractivity contribution < 1.29 is 4.39 Å². The highest BCUT2D eigenvalue weighted by Crippen LogP contribution is 2.40. The lowest BCUT2D eigenvalue weighted by Crippen LogP contribution is -2.32. The maximum Gasteiger partial charge on any atom is 0.144 e. The zero-order chi connectivity index (χ0) is 25.6. The van der Waals surface area contributed by atoms with Gasteiger partial charge in [-0.2, -0.15) is 0 Å². The molecule has 1 atom stereocenters. The van der Waals surface area contributed by atoms with Crippen molar-refractivity contribution >= 4 is 5.82 Å². The van der Waals surface area contributed by atoms with E-state index in [0.717, 1.165) is 30.2 Å². The van der Waals surface area contributed by atoms with Crippen LogP contribution in [-0.2, 0) is 6.54 Å². The van der Waals surface area contributed by atoms with Gasteiger partial charge < -0.3 is 10.6 Å². The van der Waals surface area contributed by atoms with Gasteiger partial charge in [-0.15, -0.1) is 6.58 Å². The fraction of sp³-hybridized carbons (Fsp3) is 0.333. The van der Waals surface area contributed by atoms with Gasteiger partial charge in [-0.05, 0) is 62.4 Å². The Bertz CT molecular complexity index is 1050. The van der Waals surface area contributed by atoms with E-state index in [0.29, 0.717) is 12.0 Å². The summed E-state index contributed by atoms with van der Waals surface area (Å²) in [5.74, 6) is 1.27. The normalized spacial score (nSPS) is 16.6. The lowest BCUT2D eigenvalue weighted by molar-refractivity contribution is 0.334. The topological polar surface area (TPSA) is 53.1 Å². The Balaban J connectivity index is 0.000000157. The number of likely N-dealkylation sites (tertiary alicyclic amines) is 1. The summed E-state index contributed by atoms with van der Waals surface area (Å²) in [7, 11) is 2.17. The number of benzene rings is 2. The summed E-state index contributed by atoms with van der Waals surface area (Å²) in [6.45, 7) is 10.5. The fourth-order valence-corrected chi connectivity index (χ4v) is 4.05. The molecule has 5 nitrogen and oxygen atoms in total. The van der Waals surface area contributed by atoms with Gasteiger partial charge in [0.05, 0.1) is 6.20 Å². The van der Waals surface area contributed by atoms with Gasteiger partial charge in [0.15, 0.2) is 0 Å². The highest BCUT2D eigenvalue weighted by molar-refractivity contribution is 5.30. The maximum atomic E-state index is 12.9. The van der Waals surface area contributed by atoms with Crippen molar-refractivity contribution in [3.63, 3.8) is 0 Å². The zero-order valence-corrected chi connectivity index (χ0v) is 21.2. The molecule has 5 rings (SSSR count). The molecular weight excluding hydrogens is 449 g/mol. The van der Waals surface area contributed by atoms with Crippen LogP contribution in [0.4, 0.5) is 10.2 Å². The molecule has 1 unspecified atom stereocenters. The third-order valence-electron chi connectivity index (χ3n) is 6.20. The van der Waals surface area contributed by atoms with E-state index in [4.69, 9.17) is 0 Å². The summed E-state index contributed by atoms with van der Waals surface area (Å²) in [5, 5.41) is 6.44. The summed E-state index contributed by atoms with van der Waals surface area (Å²) in [4.78, 5) is 10.2. The van der Waals surface area contributed by atoms with Crippen molar-refractivity contribution in [1.29, 1.82) is 0 Å².